The highest BCUT2D eigenvalue weighted by Gasteiger charge is 2.21. The Morgan fingerprint density at radius 2 is 2.22 bits per heavy atom. The quantitative estimate of drug-likeness (QED) is 0.805. The van der Waals surface area contributed by atoms with Gasteiger partial charge in [0.1, 0.15) is 5.75 Å². The molecule has 0 aromatic carbocycles. The van der Waals surface area contributed by atoms with Gasteiger partial charge in [-0.05, 0) is 37.8 Å². The van der Waals surface area contributed by atoms with Gasteiger partial charge < -0.3 is 10.1 Å². The molecule has 0 bridgehead atoms. The van der Waals surface area contributed by atoms with Gasteiger partial charge in [0.15, 0.2) is 0 Å². The number of ether oxygens (including phenoxy) is 1. The summed E-state index contributed by atoms with van der Waals surface area (Å²) in [6, 6.07) is 4.77. The maximum atomic E-state index is 5.90. The van der Waals surface area contributed by atoms with Crippen LogP contribution in [0.25, 0.3) is 0 Å². The van der Waals surface area contributed by atoms with E-state index in [1.54, 1.807) is 0 Å². The zero-order valence-corrected chi connectivity index (χ0v) is 11.7. The van der Waals surface area contributed by atoms with E-state index in [0.29, 0.717) is 12.0 Å². The summed E-state index contributed by atoms with van der Waals surface area (Å²) < 4.78 is 5.90. The topological polar surface area (TPSA) is 34.1 Å². The van der Waals surface area contributed by atoms with Gasteiger partial charge in [0.05, 0.1) is 12.3 Å². The zero-order chi connectivity index (χ0) is 13.0. The van der Waals surface area contributed by atoms with Crippen molar-refractivity contribution in [2.75, 3.05) is 6.61 Å². The molecule has 2 rings (SSSR count). The standard InChI is InChI=1S/C15H24N2O/c1-4-11(2)10-18-15-8-5-12(3)17-14(15)9-16-13-6-7-13/h5,8,11,13,16H,4,6-7,9-10H2,1-3H3. The summed E-state index contributed by atoms with van der Waals surface area (Å²) in [5.74, 6) is 1.53. The number of nitrogens with zero attached hydrogens (tertiary/aromatic N) is 1. The minimum absolute atomic E-state index is 0.593. The number of aryl methyl sites for hydroxylation is 1. The summed E-state index contributed by atoms with van der Waals surface area (Å²) in [5, 5.41) is 3.50. The fourth-order valence-electron chi connectivity index (χ4n) is 1.73. The van der Waals surface area contributed by atoms with Crippen molar-refractivity contribution >= 4 is 0 Å². The number of aromatic nitrogens is 1. The van der Waals surface area contributed by atoms with E-state index < -0.39 is 0 Å². The van der Waals surface area contributed by atoms with Crippen LogP contribution in [0.3, 0.4) is 0 Å². The van der Waals surface area contributed by atoms with Crippen molar-refractivity contribution in [3.05, 3.63) is 23.5 Å². The van der Waals surface area contributed by atoms with Gasteiger partial charge in [-0.25, -0.2) is 0 Å². The fraction of sp³-hybridized carbons (Fsp3) is 0.667. The normalized spacial score (nSPS) is 16.6. The molecular weight excluding hydrogens is 224 g/mol. The first-order valence-corrected chi connectivity index (χ1v) is 7.01. The maximum Gasteiger partial charge on any atom is 0.142 e. The van der Waals surface area contributed by atoms with E-state index in [9.17, 15) is 0 Å². The Morgan fingerprint density at radius 1 is 1.44 bits per heavy atom. The second-order valence-electron chi connectivity index (χ2n) is 5.38. The van der Waals surface area contributed by atoms with E-state index in [4.69, 9.17) is 4.74 Å². The largest absolute Gasteiger partial charge is 0.491 e. The molecule has 1 unspecified atom stereocenters. The molecule has 1 atom stereocenters. The molecule has 1 aliphatic rings. The van der Waals surface area contributed by atoms with Gasteiger partial charge in [-0.2, -0.15) is 0 Å². The molecule has 0 amide bonds. The lowest BCUT2D eigenvalue weighted by molar-refractivity contribution is 0.252. The lowest BCUT2D eigenvalue weighted by atomic mass is 10.1. The monoisotopic (exact) mass is 248 g/mol. The molecule has 1 aromatic heterocycles. The Morgan fingerprint density at radius 3 is 2.89 bits per heavy atom. The van der Waals surface area contributed by atoms with Crippen LogP contribution in [0, 0.1) is 12.8 Å². The van der Waals surface area contributed by atoms with E-state index in [1.165, 1.54) is 12.8 Å². The second kappa shape index (κ2) is 6.19. The molecule has 1 aromatic rings. The lowest BCUT2D eigenvalue weighted by Crippen LogP contribution is -2.18. The zero-order valence-electron chi connectivity index (χ0n) is 11.7. The molecule has 3 heteroatoms. The summed E-state index contributed by atoms with van der Waals surface area (Å²) in [6.45, 7) is 8.03. The molecule has 18 heavy (non-hydrogen) atoms. The van der Waals surface area contributed by atoms with E-state index in [-0.39, 0.29) is 0 Å². The third kappa shape index (κ3) is 3.98. The number of hydrogen-bond acceptors (Lipinski definition) is 3. The minimum atomic E-state index is 0.593. The molecule has 1 saturated carbocycles. The van der Waals surface area contributed by atoms with Crippen LogP contribution in [-0.4, -0.2) is 17.6 Å². The molecule has 0 spiro atoms. The number of rotatable bonds is 7. The van der Waals surface area contributed by atoms with Gasteiger partial charge in [0.25, 0.3) is 0 Å². The van der Waals surface area contributed by atoms with Gasteiger partial charge >= 0.3 is 0 Å². The van der Waals surface area contributed by atoms with Crippen LogP contribution in [0.1, 0.15) is 44.5 Å². The van der Waals surface area contributed by atoms with Crippen molar-refractivity contribution in [1.29, 1.82) is 0 Å². The van der Waals surface area contributed by atoms with Crippen LogP contribution < -0.4 is 10.1 Å². The smallest absolute Gasteiger partial charge is 0.142 e. The maximum absolute atomic E-state index is 5.90. The summed E-state index contributed by atoms with van der Waals surface area (Å²) >= 11 is 0. The molecule has 0 aliphatic heterocycles. The van der Waals surface area contributed by atoms with Gasteiger partial charge in [-0.3, -0.25) is 4.98 Å². The molecule has 0 saturated heterocycles. The molecule has 100 valence electrons. The second-order valence-corrected chi connectivity index (χ2v) is 5.38. The lowest BCUT2D eigenvalue weighted by Gasteiger charge is -2.14. The Labute approximate surface area is 110 Å². The minimum Gasteiger partial charge on any atom is -0.491 e. The third-order valence-corrected chi connectivity index (χ3v) is 3.43. The SMILES string of the molecule is CCC(C)COc1ccc(C)nc1CNC1CC1. The van der Waals surface area contributed by atoms with Crippen molar-refractivity contribution in [3.8, 4) is 5.75 Å². The molecule has 0 radical (unpaired) electrons. The molecule has 1 heterocycles. The average Bonchev–Trinajstić information content (AvgIpc) is 3.18. The van der Waals surface area contributed by atoms with Gasteiger partial charge in [-0.1, -0.05) is 20.3 Å². The van der Waals surface area contributed by atoms with Crippen molar-refractivity contribution < 1.29 is 4.74 Å². The van der Waals surface area contributed by atoms with Crippen molar-refractivity contribution in [2.24, 2.45) is 5.92 Å². The predicted octanol–water partition coefficient (Wildman–Crippen LogP) is 3.07. The highest BCUT2D eigenvalue weighted by Crippen LogP contribution is 2.22. The van der Waals surface area contributed by atoms with Crippen LogP contribution in [0.5, 0.6) is 5.75 Å². The first-order valence-electron chi connectivity index (χ1n) is 7.01. The van der Waals surface area contributed by atoms with Crippen LogP contribution >= 0.6 is 0 Å². The summed E-state index contributed by atoms with van der Waals surface area (Å²) in [6.07, 6.45) is 3.75. The van der Waals surface area contributed by atoms with Crippen LogP contribution in [0.4, 0.5) is 0 Å². The van der Waals surface area contributed by atoms with Crippen LogP contribution in [-0.2, 0) is 6.54 Å². The highest BCUT2D eigenvalue weighted by atomic mass is 16.5. The molecule has 1 fully saturated rings. The molecule has 1 aliphatic carbocycles. The van der Waals surface area contributed by atoms with E-state index >= 15 is 0 Å². The predicted molar refractivity (Wildman–Crippen MR) is 73.8 cm³/mol. The van der Waals surface area contributed by atoms with E-state index in [1.807, 2.05) is 13.0 Å². The van der Waals surface area contributed by atoms with Crippen LogP contribution in [0.15, 0.2) is 12.1 Å². The number of pyridine rings is 1. The average molecular weight is 248 g/mol. The van der Waals surface area contributed by atoms with Crippen molar-refractivity contribution in [3.63, 3.8) is 0 Å². The Bertz CT molecular complexity index is 388. The van der Waals surface area contributed by atoms with Crippen molar-refractivity contribution in [1.82, 2.24) is 10.3 Å². The molecule has 3 nitrogen and oxygen atoms in total. The van der Waals surface area contributed by atoms with Crippen molar-refractivity contribution in [2.45, 2.75) is 52.6 Å². The fourth-order valence-corrected chi connectivity index (χ4v) is 1.73. The summed E-state index contributed by atoms with van der Waals surface area (Å²) in [7, 11) is 0. The summed E-state index contributed by atoms with van der Waals surface area (Å²) in [5.41, 5.74) is 2.10. The molecular formula is C15H24N2O. The Balaban J connectivity index is 1.97. The van der Waals surface area contributed by atoms with Gasteiger partial charge in [-0.15, -0.1) is 0 Å². The first kappa shape index (κ1) is 13.3. The Hall–Kier alpha value is -1.09. The van der Waals surface area contributed by atoms with Crippen LogP contribution in [0.2, 0.25) is 0 Å². The number of hydrogen-bond donors (Lipinski definition) is 1. The number of nitrogens with one attached hydrogen (secondary N) is 1. The summed E-state index contributed by atoms with van der Waals surface area (Å²) in [4.78, 5) is 4.59. The molecule has 1 N–H and O–H groups in total. The van der Waals surface area contributed by atoms with Gasteiger partial charge in [0, 0.05) is 18.3 Å². The van der Waals surface area contributed by atoms with E-state index in [2.05, 4.69) is 30.2 Å². The highest BCUT2D eigenvalue weighted by molar-refractivity contribution is 5.29. The Kier molecular flexibility index (Phi) is 4.59. The van der Waals surface area contributed by atoms with Gasteiger partial charge in [0.2, 0.25) is 0 Å². The first-order chi connectivity index (χ1) is 8.69. The van der Waals surface area contributed by atoms with E-state index in [0.717, 1.165) is 36.7 Å². The third-order valence-electron chi connectivity index (χ3n) is 3.43.